The van der Waals surface area contributed by atoms with E-state index in [4.69, 9.17) is 11.6 Å². The van der Waals surface area contributed by atoms with Crippen LogP contribution in [0.15, 0.2) is 72.9 Å². The number of carboxylic acids is 1. The van der Waals surface area contributed by atoms with Gasteiger partial charge in [0, 0.05) is 18.7 Å². The van der Waals surface area contributed by atoms with Crippen molar-refractivity contribution >= 4 is 23.6 Å². The molecule has 3 aromatic rings. The maximum atomic E-state index is 13.9. The highest BCUT2D eigenvalue weighted by molar-refractivity contribution is 6.30. The molecule has 2 amide bonds. The standard InChI is InChI=1S/C30H28ClF4N3O4/c31-21-11-12-23(36-16-21)29(15-17-5-2-1-3-6-17,20-7-4-8-22(14-20)42-30(34,35)27(32)33)38-28(41)37-25-19-10-9-18(13-19)24(25)26(39)40/h1-8,11-12,14,16,18-19,24-25,27H,9-10,13,15H2,(H,39,40)(H2,37,38,41)/t18-,19+,24-,25+,29+/m1/s1. The Balaban J connectivity index is 1.58. The predicted molar refractivity (Wildman–Crippen MR) is 146 cm³/mol. The van der Waals surface area contributed by atoms with Crippen molar-refractivity contribution in [3.8, 4) is 5.75 Å². The van der Waals surface area contributed by atoms with Crippen LogP contribution >= 0.6 is 11.6 Å². The number of urea groups is 1. The third kappa shape index (κ3) is 6.01. The number of ether oxygens (including phenoxy) is 1. The molecule has 1 aromatic heterocycles. The number of hydrogen-bond donors (Lipinski definition) is 3. The van der Waals surface area contributed by atoms with Gasteiger partial charge < -0.3 is 20.5 Å². The summed E-state index contributed by atoms with van der Waals surface area (Å²) < 4.78 is 58.0. The van der Waals surface area contributed by atoms with Crippen molar-refractivity contribution in [2.45, 2.75) is 49.8 Å². The molecule has 2 aromatic carbocycles. The second-order valence-corrected chi connectivity index (χ2v) is 11.2. The molecule has 0 radical (unpaired) electrons. The van der Waals surface area contributed by atoms with E-state index in [0.717, 1.165) is 30.5 Å². The molecule has 0 aliphatic heterocycles. The van der Waals surface area contributed by atoms with E-state index in [2.05, 4.69) is 20.4 Å². The number of amides is 2. The van der Waals surface area contributed by atoms with Gasteiger partial charge in [-0.05, 0) is 66.5 Å². The Morgan fingerprint density at radius 1 is 1.05 bits per heavy atom. The average Bonchev–Trinajstić information content (AvgIpc) is 3.55. The number of pyridine rings is 1. The van der Waals surface area contributed by atoms with E-state index in [1.165, 1.54) is 18.3 Å². The maximum Gasteiger partial charge on any atom is 0.461 e. The molecule has 7 nitrogen and oxygen atoms in total. The van der Waals surface area contributed by atoms with E-state index >= 15 is 0 Å². The molecule has 2 saturated carbocycles. The van der Waals surface area contributed by atoms with Crippen molar-refractivity contribution in [1.29, 1.82) is 0 Å². The van der Waals surface area contributed by atoms with Crippen LogP contribution in [0.25, 0.3) is 0 Å². The van der Waals surface area contributed by atoms with Gasteiger partial charge in [-0.25, -0.2) is 4.79 Å². The van der Waals surface area contributed by atoms with E-state index < -0.39 is 47.8 Å². The summed E-state index contributed by atoms with van der Waals surface area (Å²) in [7, 11) is 0. The number of alkyl halides is 4. The molecule has 5 atom stereocenters. The number of carbonyl (C=O) groups excluding carboxylic acids is 1. The molecule has 0 spiro atoms. The molecule has 2 fully saturated rings. The summed E-state index contributed by atoms with van der Waals surface area (Å²) in [6.07, 6.45) is -5.12. The summed E-state index contributed by atoms with van der Waals surface area (Å²) in [5.41, 5.74) is -0.346. The van der Waals surface area contributed by atoms with Gasteiger partial charge in [-0.2, -0.15) is 17.6 Å². The van der Waals surface area contributed by atoms with Crippen molar-refractivity contribution in [2.75, 3.05) is 0 Å². The van der Waals surface area contributed by atoms with Crippen LogP contribution in [0.4, 0.5) is 22.4 Å². The lowest BCUT2D eigenvalue weighted by molar-refractivity contribution is -0.253. The van der Waals surface area contributed by atoms with Crippen LogP contribution in [-0.4, -0.2) is 40.7 Å². The van der Waals surface area contributed by atoms with E-state index in [9.17, 15) is 32.3 Å². The van der Waals surface area contributed by atoms with Crippen LogP contribution < -0.4 is 15.4 Å². The Morgan fingerprint density at radius 3 is 2.45 bits per heavy atom. The number of hydrogen-bond acceptors (Lipinski definition) is 4. The van der Waals surface area contributed by atoms with E-state index in [1.807, 2.05) is 0 Å². The highest BCUT2D eigenvalue weighted by Crippen LogP contribution is 2.48. The lowest BCUT2D eigenvalue weighted by atomic mass is 9.80. The van der Waals surface area contributed by atoms with Gasteiger partial charge in [-0.1, -0.05) is 54.1 Å². The third-order valence-electron chi connectivity index (χ3n) is 8.14. The number of rotatable bonds is 10. The van der Waals surface area contributed by atoms with E-state index in [-0.39, 0.29) is 29.5 Å². The predicted octanol–water partition coefficient (Wildman–Crippen LogP) is 6.26. The Morgan fingerprint density at radius 2 is 1.79 bits per heavy atom. The molecule has 5 rings (SSSR count). The van der Waals surface area contributed by atoms with Gasteiger partial charge in [-0.15, -0.1) is 0 Å². The fourth-order valence-corrected chi connectivity index (χ4v) is 6.43. The van der Waals surface area contributed by atoms with Gasteiger partial charge in [0.25, 0.3) is 0 Å². The highest BCUT2D eigenvalue weighted by atomic mass is 35.5. The SMILES string of the molecule is O=C(N[C@H]1[C@H]2CC[C@H](C2)[C@H]1C(=O)O)N[C@@](Cc1ccccc1)(c1cccc(OC(F)(F)C(F)F)c1)c1ccc(Cl)cn1. The van der Waals surface area contributed by atoms with Gasteiger partial charge in [0.1, 0.15) is 11.3 Å². The molecule has 2 aliphatic carbocycles. The van der Waals surface area contributed by atoms with Crippen molar-refractivity contribution < 1.29 is 37.0 Å². The number of halogens is 5. The molecular weight excluding hydrogens is 578 g/mol. The second kappa shape index (κ2) is 11.8. The first-order valence-corrected chi connectivity index (χ1v) is 13.8. The Bertz CT molecular complexity index is 1430. The minimum Gasteiger partial charge on any atom is -0.481 e. The lowest BCUT2D eigenvalue weighted by Gasteiger charge is -2.37. The second-order valence-electron chi connectivity index (χ2n) is 10.7. The molecule has 2 bridgehead atoms. The van der Waals surface area contributed by atoms with Crippen molar-refractivity contribution in [2.24, 2.45) is 17.8 Å². The molecular formula is C30H28ClF4N3O4. The van der Waals surface area contributed by atoms with Crippen LogP contribution in [0.3, 0.4) is 0 Å². The van der Waals surface area contributed by atoms with Crippen molar-refractivity contribution in [3.05, 3.63) is 94.8 Å². The molecule has 0 unspecified atom stereocenters. The minimum atomic E-state index is -4.75. The first-order valence-electron chi connectivity index (χ1n) is 13.4. The Labute approximate surface area is 244 Å². The zero-order valence-corrected chi connectivity index (χ0v) is 22.9. The molecule has 12 heteroatoms. The van der Waals surface area contributed by atoms with Gasteiger partial charge in [0.2, 0.25) is 0 Å². The van der Waals surface area contributed by atoms with Gasteiger partial charge in [-0.3, -0.25) is 9.78 Å². The third-order valence-corrected chi connectivity index (χ3v) is 8.36. The number of fused-ring (bicyclic) bond motifs is 2. The Hall–Kier alpha value is -3.86. The molecule has 0 saturated heterocycles. The number of nitrogens with one attached hydrogen (secondary N) is 2. The first-order chi connectivity index (χ1) is 20.0. The zero-order valence-electron chi connectivity index (χ0n) is 22.2. The zero-order chi connectivity index (χ0) is 30.1. The largest absolute Gasteiger partial charge is 0.481 e. The summed E-state index contributed by atoms with van der Waals surface area (Å²) in [5, 5.41) is 16.0. The monoisotopic (exact) mass is 605 g/mol. The summed E-state index contributed by atoms with van der Waals surface area (Å²) in [6.45, 7) is 0. The molecule has 42 heavy (non-hydrogen) atoms. The highest BCUT2D eigenvalue weighted by Gasteiger charge is 2.52. The number of carbonyl (C=O) groups is 2. The fraction of sp³-hybridized carbons (Fsp3) is 0.367. The summed E-state index contributed by atoms with van der Waals surface area (Å²) in [6, 6.07) is 15.9. The Kier molecular flexibility index (Phi) is 8.32. The summed E-state index contributed by atoms with van der Waals surface area (Å²) in [5.74, 6) is -2.29. The van der Waals surface area contributed by atoms with Crippen LogP contribution in [0.1, 0.15) is 36.1 Å². The normalized spacial score (nSPS) is 22.9. The number of aliphatic carboxylic acids is 1. The number of nitrogens with zero attached hydrogens (tertiary/aromatic N) is 1. The van der Waals surface area contributed by atoms with Crippen LogP contribution in [0, 0.1) is 17.8 Å². The summed E-state index contributed by atoms with van der Waals surface area (Å²) >= 11 is 6.10. The smallest absolute Gasteiger partial charge is 0.461 e. The van der Waals surface area contributed by atoms with Crippen molar-refractivity contribution in [1.82, 2.24) is 15.6 Å². The van der Waals surface area contributed by atoms with E-state index in [0.29, 0.717) is 11.4 Å². The van der Waals surface area contributed by atoms with Gasteiger partial charge >= 0.3 is 24.5 Å². The molecule has 222 valence electrons. The molecule has 2 aliphatic rings. The quantitative estimate of drug-likeness (QED) is 0.237. The molecule has 1 heterocycles. The van der Waals surface area contributed by atoms with Gasteiger partial charge in [0.05, 0.1) is 16.6 Å². The van der Waals surface area contributed by atoms with Gasteiger partial charge in [0.15, 0.2) is 0 Å². The first kappa shape index (κ1) is 29.6. The molecule has 3 N–H and O–H groups in total. The van der Waals surface area contributed by atoms with E-state index in [1.54, 1.807) is 42.5 Å². The summed E-state index contributed by atoms with van der Waals surface area (Å²) in [4.78, 5) is 30.3. The number of carboxylic acid groups (broad SMARTS) is 1. The minimum absolute atomic E-state index is 0.00679. The number of aromatic nitrogens is 1. The maximum absolute atomic E-state index is 13.9. The van der Waals surface area contributed by atoms with Crippen LogP contribution in [0.2, 0.25) is 5.02 Å². The van der Waals surface area contributed by atoms with Crippen LogP contribution in [-0.2, 0) is 16.8 Å². The topological polar surface area (TPSA) is 101 Å². The van der Waals surface area contributed by atoms with Crippen molar-refractivity contribution in [3.63, 3.8) is 0 Å². The number of benzene rings is 2. The average molecular weight is 606 g/mol. The fourth-order valence-electron chi connectivity index (χ4n) is 6.31. The lowest BCUT2D eigenvalue weighted by Crippen LogP contribution is -2.57. The van der Waals surface area contributed by atoms with Crippen LogP contribution in [0.5, 0.6) is 5.75 Å².